The summed E-state index contributed by atoms with van der Waals surface area (Å²) >= 11 is 0. The molecule has 1 aromatic carbocycles. The molecule has 3 rings (SSSR count). The molecule has 0 bridgehead atoms. The molecule has 6 nitrogen and oxygen atoms in total. The van der Waals surface area contributed by atoms with Gasteiger partial charge < -0.3 is 9.84 Å². The van der Waals surface area contributed by atoms with Crippen LogP contribution in [0.1, 0.15) is 37.8 Å². The van der Waals surface area contributed by atoms with E-state index in [2.05, 4.69) is 14.9 Å². The van der Waals surface area contributed by atoms with Crippen molar-refractivity contribution in [3.63, 3.8) is 0 Å². The minimum atomic E-state index is -1.51. The molecule has 24 heavy (non-hydrogen) atoms. The zero-order chi connectivity index (χ0) is 17.6. The molecule has 0 unspecified atom stereocenters. The van der Waals surface area contributed by atoms with Crippen LogP contribution in [0.15, 0.2) is 27.1 Å². The lowest BCUT2D eigenvalue weighted by Gasteiger charge is -2.13. The average Bonchev–Trinajstić information content (AvgIpc) is 2.98. The van der Waals surface area contributed by atoms with Crippen LogP contribution in [-0.4, -0.2) is 25.7 Å². The normalized spacial score (nSPS) is 17.0. The highest BCUT2D eigenvalue weighted by Gasteiger charge is 2.30. The van der Waals surface area contributed by atoms with Gasteiger partial charge in [0, 0.05) is 11.1 Å². The third-order valence-corrected chi connectivity index (χ3v) is 5.15. The minimum Gasteiger partial charge on any atom is -0.361 e. The van der Waals surface area contributed by atoms with Crippen molar-refractivity contribution in [1.82, 2.24) is 5.16 Å². The topological polar surface area (TPSA) is 84.6 Å². The predicted octanol–water partition coefficient (Wildman–Crippen LogP) is 3.16. The Kier molecular flexibility index (Phi) is 3.91. The highest BCUT2D eigenvalue weighted by molar-refractivity contribution is 7.85. The maximum Gasteiger partial charge on any atom is 0.275 e. The van der Waals surface area contributed by atoms with E-state index in [1.807, 2.05) is 52.8 Å². The first kappa shape index (κ1) is 16.6. The Balaban J connectivity index is 2.11. The summed E-state index contributed by atoms with van der Waals surface area (Å²) in [5.74, 6) is 0.375. The number of amides is 1. The molecular formula is C17H19N3O3S. The fraction of sp³-hybridized carbons (Fsp3) is 0.353. The highest BCUT2D eigenvalue weighted by atomic mass is 32.2. The third-order valence-electron chi connectivity index (χ3n) is 3.76. The van der Waals surface area contributed by atoms with Crippen LogP contribution in [0.25, 0.3) is 11.1 Å². The monoisotopic (exact) mass is 345 g/mol. The van der Waals surface area contributed by atoms with Crippen LogP contribution in [0.3, 0.4) is 0 Å². The number of aryl methyl sites for hydroxylation is 2. The molecular weight excluding hydrogens is 326 g/mol. The quantitative estimate of drug-likeness (QED) is 0.906. The summed E-state index contributed by atoms with van der Waals surface area (Å²) in [6.45, 7) is 9.17. The Hall–Kier alpha value is -2.28. The van der Waals surface area contributed by atoms with Gasteiger partial charge in [0.05, 0.1) is 16.1 Å². The van der Waals surface area contributed by atoms with E-state index < -0.39 is 15.7 Å². The van der Waals surface area contributed by atoms with Crippen LogP contribution in [-0.2, 0) is 15.8 Å². The SMILES string of the molecule is Cc1noc(C)c1-c1ccc2c(c1)C(=N[S@@](=O)C(C)(C)C)C(=O)N2. The molecule has 126 valence electrons. The second-order valence-electron chi connectivity index (χ2n) is 6.72. The van der Waals surface area contributed by atoms with E-state index in [1.54, 1.807) is 0 Å². The Bertz CT molecular complexity index is 871. The van der Waals surface area contributed by atoms with E-state index >= 15 is 0 Å². The van der Waals surface area contributed by atoms with E-state index in [0.29, 0.717) is 17.0 Å². The van der Waals surface area contributed by atoms with Crippen molar-refractivity contribution in [2.24, 2.45) is 4.40 Å². The highest BCUT2D eigenvalue weighted by Crippen LogP contribution is 2.33. The molecule has 1 aliphatic heterocycles. The molecule has 0 saturated carbocycles. The summed E-state index contributed by atoms with van der Waals surface area (Å²) in [5, 5.41) is 6.73. The number of anilines is 1. The second kappa shape index (κ2) is 5.66. The maximum absolute atomic E-state index is 12.3. The van der Waals surface area contributed by atoms with E-state index in [9.17, 15) is 9.00 Å². The summed E-state index contributed by atoms with van der Waals surface area (Å²) in [7, 11) is -1.51. The van der Waals surface area contributed by atoms with Crippen molar-refractivity contribution in [2.75, 3.05) is 5.32 Å². The molecule has 2 aromatic rings. The molecule has 2 heterocycles. The van der Waals surface area contributed by atoms with Gasteiger partial charge in [-0.05, 0) is 52.3 Å². The largest absolute Gasteiger partial charge is 0.361 e. The standard InChI is InChI=1S/C17H19N3O3S/c1-9-14(10(2)23-19-9)11-6-7-13-12(8-11)15(16(21)18-13)20-24(22)17(3,4)5/h6-8H,1-5H3,(H,18,20,21)/t24-/m0/s1. The number of carbonyl (C=O) groups is 1. The lowest BCUT2D eigenvalue weighted by molar-refractivity contribution is -0.110. The van der Waals surface area contributed by atoms with E-state index in [-0.39, 0.29) is 11.6 Å². The number of hydrogen-bond acceptors (Lipinski definition) is 4. The Morgan fingerprint density at radius 2 is 1.96 bits per heavy atom. The zero-order valence-electron chi connectivity index (χ0n) is 14.3. The van der Waals surface area contributed by atoms with Crippen molar-refractivity contribution in [3.8, 4) is 11.1 Å². The van der Waals surface area contributed by atoms with Crippen LogP contribution in [0, 0.1) is 13.8 Å². The zero-order valence-corrected chi connectivity index (χ0v) is 15.1. The van der Waals surface area contributed by atoms with Crippen LogP contribution in [0.4, 0.5) is 5.69 Å². The number of carbonyl (C=O) groups excluding carboxylic acids is 1. The van der Waals surface area contributed by atoms with Crippen molar-refractivity contribution >= 4 is 28.3 Å². The number of fused-ring (bicyclic) bond motifs is 1. The summed E-state index contributed by atoms with van der Waals surface area (Å²) in [4.78, 5) is 12.2. The maximum atomic E-state index is 12.3. The Labute approximate surface area is 142 Å². The molecule has 0 radical (unpaired) electrons. The lowest BCUT2D eigenvalue weighted by Crippen LogP contribution is -2.23. The first-order chi connectivity index (χ1) is 11.2. The van der Waals surface area contributed by atoms with E-state index in [4.69, 9.17) is 4.52 Å². The molecule has 0 spiro atoms. The summed E-state index contributed by atoms with van der Waals surface area (Å²) in [6.07, 6.45) is 0. The molecule has 0 fully saturated rings. The van der Waals surface area contributed by atoms with Gasteiger partial charge in [-0.15, -0.1) is 0 Å². The smallest absolute Gasteiger partial charge is 0.275 e. The van der Waals surface area contributed by atoms with Gasteiger partial charge in [0.1, 0.15) is 22.5 Å². The van der Waals surface area contributed by atoms with Gasteiger partial charge in [-0.3, -0.25) is 4.79 Å². The first-order valence-electron chi connectivity index (χ1n) is 7.58. The van der Waals surface area contributed by atoms with Crippen molar-refractivity contribution in [3.05, 3.63) is 35.2 Å². The molecule has 1 N–H and O–H groups in total. The molecule has 0 aliphatic carbocycles. The molecule has 1 aliphatic rings. The van der Waals surface area contributed by atoms with Crippen LogP contribution < -0.4 is 5.32 Å². The summed E-state index contributed by atoms with van der Waals surface area (Å²) in [5.41, 5.74) is 4.08. The number of benzene rings is 1. The molecule has 1 amide bonds. The number of nitrogens with one attached hydrogen (secondary N) is 1. The second-order valence-corrected chi connectivity index (χ2v) is 8.62. The lowest BCUT2D eigenvalue weighted by atomic mass is 10.00. The van der Waals surface area contributed by atoms with Gasteiger partial charge in [-0.25, -0.2) is 4.21 Å². The van der Waals surface area contributed by atoms with Crippen LogP contribution in [0.5, 0.6) is 0 Å². The van der Waals surface area contributed by atoms with Crippen LogP contribution in [0.2, 0.25) is 0 Å². The van der Waals surface area contributed by atoms with Crippen molar-refractivity contribution in [2.45, 2.75) is 39.4 Å². The van der Waals surface area contributed by atoms with E-state index in [0.717, 1.165) is 16.8 Å². The summed E-state index contributed by atoms with van der Waals surface area (Å²) in [6, 6.07) is 5.57. The number of nitrogens with zero attached hydrogens (tertiary/aromatic N) is 2. The van der Waals surface area contributed by atoms with Gasteiger partial charge in [-0.2, -0.15) is 4.40 Å². The first-order valence-corrected chi connectivity index (χ1v) is 8.69. The Morgan fingerprint density at radius 1 is 1.25 bits per heavy atom. The van der Waals surface area contributed by atoms with Gasteiger partial charge >= 0.3 is 0 Å². The molecule has 1 aromatic heterocycles. The molecule has 7 heteroatoms. The van der Waals surface area contributed by atoms with E-state index in [1.165, 1.54) is 0 Å². The Morgan fingerprint density at radius 3 is 2.54 bits per heavy atom. The number of aromatic nitrogens is 1. The minimum absolute atomic E-state index is 0.201. The van der Waals surface area contributed by atoms with Crippen molar-refractivity contribution in [1.29, 1.82) is 0 Å². The third kappa shape index (κ3) is 2.80. The fourth-order valence-corrected chi connectivity index (χ4v) is 3.14. The van der Waals surface area contributed by atoms with Gasteiger partial charge in [0.25, 0.3) is 5.91 Å². The van der Waals surface area contributed by atoms with Crippen LogP contribution >= 0.6 is 0 Å². The van der Waals surface area contributed by atoms with Gasteiger partial charge in [0.2, 0.25) is 0 Å². The predicted molar refractivity (Wildman–Crippen MR) is 94.5 cm³/mol. The number of rotatable bonds is 2. The molecule has 1 atom stereocenters. The number of hydrogen-bond donors (Lipinski definition) is 1. The summed E-state index contributed by atoms with van der Waals surface area (Å²) < 4.78 is 21.2. The van der Waals surface area contributed by atoms with Gasteiger partial charge in [0.15, 0.2) is 0 Å². The van der Waals surface area contributed by atoms with Gasteiger partial charge in [-0.1, -0.05) is 11.2 Å². The average molecular weight is 345 g/mol. The fourth-order valence-electron chi connectivity index (χ4n) is 2.51. The van der Waals surface area contributed by atoms with Crippen molar-refractivity contribution < 1.29 is 13.5 Å². The molecule has 0 saturated heterocycles.